The average molecular weight is 295 g/mol. The van der Waals surface area contributed by atoms with Crippen LogP contribution in [0.3, 0.4) is 0 Å². The van der Waals surface area contributed by atoms with Crippen LogP contribution in [0.25, 0.3) is 0 Å². The molecule has 1 aromatic heterocycles. The Bertz CT molecular complexity index is 497. The molecule has 0 aliphatic rings. The van der Waals surface area contributed by atoms with Gasteiger partial charge in [-0.05, 0) is 52.7 Å². The third-order valence-corrected chi connectivity index (χ3v) is 3.82. The third kappa shape index (κ3) is 2.57. The summed E-state index contributed by atoms with van der Waals surface area (Å²) in [7, 11) is 0. The van der Waals surface area contributed by atoms with Crippen LogP contribution < -0.4 is 5.73 Å². The molecular formula is C12H11BrN2S. The van der Waals surface area contributed by atoms with E-state index in [0.29, 0.717) is 0 Å². The van der Waals surface area contributed by atoms with Crippen molar-refractivity contribution in [2.24, 2.45) is 0 Å². The number of hydrogen-bond acceptors (Lipinski definition) is 3. The van der Waals surface area contributed by atoms with Crippen LogP contribution in [0.15, 0.2) is 50.9 Å². The predicted octanol–water partition coefficient (Wildman–Crippen LogP) is 3.89. The van der Waals surface area contributed by atoms with Crippen molar-refractivity contribution in [2.75, 3.05) is 5.73 Å². The minimum absolute atomic E-state index is 0.821. The Balaban J connectivity index is 2.27. The second-order valence-electron chi connectivity index (χ2n) is 3.39. The van der Waals surface area contributed by atoms with Crippen LogP contribution in [-0.2, 0) is 0 Å². The summed E-state index contributed by atoms with van der Waals surface area (Å²) in [6.45, 7) is 2.02. The van der Waals surface area contributed by atoms with E-state index in [4.69, 9.17) is 5.73 Å². The number of rotatable bonds is 2. The first kappa shape index (κ1) is 11.5. The first-order valence-corrected chi connectivity index (χ1v) is 6.42. The minimum Gasteiger partial charge on any atom is -0.398 e. The summed E-state index contributed by atoms with van der Waals surface area (Å²) in [6.07, 6.45) is 1.80. The maximum Gasteiger partial charge on any atom is 0.101 e. The highest BCUT2D eigenvalue weighted by molar-refractivity contribution is 9.10. The van der Waals surface area contributed by atoms with Crippen LogP contribution in [0.5, 0.6) is 0 Å². The van der Waals surface area contributed by atoms with E-state index in [1.807, 2.05) is 31.2 Å². The first-order valence-electron chi connectivity index (χ1n) is 4.81. The molecule has 2 aromatic rings. The molecule has 1 heterocycles. The van der Waals surface area contributed by atoms with Gasteiger partial charge in [-0.15, -0.1) is 0 Å². The van der Waals surface area contributed by atoms with Gasteiger partial charge in [-0.1, -0.05) is 17.8 Å². The summed E-state index contributed by atoms with van der Waals surface area (Å²) in [5.41, 5.74) is 7.79. The standard InChI is InChI=1S/C12H11BrN2S/c1-8-10(14)3-2-4-11(8)16-12-6-5-9(13)7-15-12/h2-7H,14H2,1H3. The van der Waals surface area contributed by atoms with Crippen LogP contribution in [-0.4, -0.2) is 4.98 Å². The molecular weight excluding hydrogens is 284 g/mol. The number of aromatic nitrogens is 1. The monoisotopic (exact) mass is 294 g/mol. The van der Waals surface area contributed by atoms with Gasteiger partial charge in [0.1, 0.15) is 5.03 Å². The van der Waals surface area contributed by atoms with E-state index in [1.165, 1.54) is 0 Å². The van der Waals surface area contributed by atoms with Gasteiger partial charge < -0.3 is 5.73 Å². The van der Waals surface area contributed by atoms with Crippen molar-refractivity contribution < 1.29 is 0 Å². The average Bonchev–Trinajstić information content (AvgIpc) is 2.28. The first-order chi connectivity index (χ1) is 7.66. The van der Waals surface area contributed by atoms with Gasteiger partial charge in [0.25, 0.3) is 0 Å². The molecule has 2 N–H and O–H groups in total. The van der Waals surface area contributed by atoms with Crippen LogP contribution in [0.2, 0.25) is 0 Å². The number of halogens is 1. The van der Waals surface area contributed by atoms with Crippen molar-refractivity contribution in [2.45, 2.75) is 16.8 Å². The number of nitrogens with two attached hydrogens (primary N) is 1. The van der Waals surface area contributed by atoms with E-state index in [-0.39, 0.29) is 0 Å². The van der Waals surface area contributed by atoms with Crippen molar-refractivity contribution in [3.8, 4) is 0 Å². The molecule has 0 spiro atoms. The normalized spacial score (nSPS) is 10.4. The molecule has 0 unspecified atom stereocenters. The lowest BCUT2D eigenvalue weighted by molar-refractivity contribution is 1.12. The summed E-state index contributed by atoms with van der Waals surface area (Å²) in [5, 5.41) is 0.969. The van der Waals surface area contributed by atoms with Crippen molar-refractivity contribution in [3.63, 3.8) is 0 Å². The van der Waals surface area contributed by atoms with E-state index >= 15 is 0 Å². The Kier molecular flexibility index (Phi) is 3.51. The second-order valence-corrected chi connectivity index (χ2v) is 5.36. The highest BCUT2D eigenvalue weighted by Crippen LogP contribution is 2.31. The van der Waals surface area contributed by atoms with E-state index in [2.05, 4.69) is 27.0 Å². The molecule has 0 saturated carbocycles. The Morgan fingerprint density at radius 1 is 1.25 bits per heavy atom. The minimum atomic E-state index is 0.821. The third-order valence-electron chi connectivity index (χ3n) is 2.24. The van der Waals surface area contributed by atoms with Gasteiger partial charge in [0, 0.05) is 21.3 Å². The summed E-state index contributed by atoms with van der Waals surface area (Å²) >= 11 is 4.99. The summed E-state index contributed by atoms with van der Waals surface area (Å²) < 4.78 is 0.987. The molecule has 1 aromatic carbocycles. The Labute approximate surface area is 107 Å². The summed E-state index contributed by atoms with van der Waals surface area (Å²) in [4.78, 5) is 5.47. The number of hydrogen-bond donors (Lipinski definition) is 1. The second kappa shape index (κ2) is 4.89. The van der Waals surface area contributed by atoms with E-state index < -0.39 is 0 Å². The Morgan fingerprint density at radius 3 is 2.75 bits per heavy atom. The van der Waals surface area contributed by atoms with Gasteiger partial charge >= 0.3 is 0 Å². The maximum atomic E-state index is 5.86. The number of nitrogen functional groups attached to an aromatic ring is 1. The molecule has 0 aliphatic heterocycles. The molecule has 0 atom stereocenters. The Hall–Kier alpha value is -1.00. The molecule has 4 heteroatoms. The number of nitrogens with zero attached hydrogens (tertiary/aromatic N) is 1. The molecule has 0 saturated heterocycles. The predicted molar refractivity (Wildman–Crippen MR) is 71.7 cm³/mol. The summed E-state index contributed by atoms with van der Waals surface area (Å²) in [5.74, 6) is 0. The largest absolute Gasteiger partial charge is 0.398 e. The number of benzene rings is 1. The highest BCUT2D eigenvalue weighted by atomic mass is 79.9. The molecule has 0 amide bonds. The van der Waals surface area contributed by atoms with Crippen LogP contribution in [0, 0.1) is 6.92 Å². The molecule has 0 bridgehead atoms. The number of pyridine rings is 1. The van der Waals surface area contributed by atoms with Gasteiger partial charge in [-0.25, -0.2) is 4.98 Å². The lowest BCUT2D eigenvalue weighted by Gasteiger charge is -2.06. The molecule has 2 nitrogen and oxygen atoms in total. The van der Waals surface area contributed by atoms with E-state index in [9.17, 15) is 0 Å². The maximum absolute atomic E-state index is 5.86. The molecule has 16 heavy (non-hydrogen) atoms. The zero-order valence-corrected chi connectivity index (χ0v) is 11.2. The smallest absolute Gasteiger partial charge is 0.101 e. The highest BCUT2D eigenvalue weighted by Gasteiger charge is 2.04. The molecule has 0 aliphatic carbocycles. The summed E-state index contributed by atoms with van der Waals surface area (Å²) in [6, 6.07) is 9.90. The van der Waals surface area contributed by atoms with Gasteiger partial charge in [0.2, 0.25) is 0 Å². The van der Waals surface area contributed by atoms with Crippen LogP contribution in [0.4, 0.5) is 5.69 Å². The SMILES string of the molecule is Cc1c(N)cccc1Sc1ccc(Br)cn1. The van der Waals surface area contributed by atoms with Gasteiger partial charge in [0.15, 0.2) is 0 Å². The van der Waals surface area contributed by atoms with Crippen LogP contribution in [0.1, 0.15) is 5.56 Å². The van der Waals surface area contributed by atoms with Crippen molar-refractivity contribution in [3.05, 3.63) is 46.6 Å². The Morgan fingerprint density at radius 2 is 2.06 bits per heavy atom. The van der Waals surface area contributed by atoms with Gasteiger partial charge in [0.05, 0.1) is 0 Å². The molecule has 0 fully saturated rings. The lowest BCUT2D eigenvalue weighted by atomic mass is 10.2. The molecule has 2 rings (SSSR count). The topological polar surface area (TPSA) is 38.9 Å². The van der Waals surface area contributed by atoms with Crippen molar-refractivity contribution in [1.82, 2.24) is 4.98 Å². The fraction of sp³-hybridized carbons (Fsp3) is 0.0833. The van der Waals surface area contributed by atoms with E-state index in [0.717, 1.165) is 25.6 Å². The fourth-order valence-electron chi connectivity index (χ4n) is 1.28. The van der Waals surface area contributed by atoms with Gasteiger partial charge in [-0.2, -0.15) is 0 Å². The zero-order valence-electron chi connectivity index (χ0n) is 8.77. The van der Waals surface area contributed by atoms with Crippen molar-refractivity contribution in [1.29, 1.82) is 0 Å². The fourth-order valence-corrected chi connectivity index (χ4v) is 2.40. The lowest BCUT2D eigenvalue weighted by Crippen LogP contribution is -1.90. The quantitative estimate of drug-likeness (QED) is 0.854. The zero-order chi connectivity index (χ0) is 11.5. The number of anilines is 1. The van der Waals surface area contributed by atoms with Crippen molar-refractivity contribution >= 4 is 33.4 Å². The molecule has 82 valence electrons. The van der Waals surface area contributed by atoms with E-state index in [1.54, 1.807) is 18.0 Å². The van der Waals surface area contributed by atoms with Crippen LogP contribution >= 0.6 is 27.7 Å². The molecule has 0 radical (unpaired) electrons. The van der Waals surface area contributed by atoms with Gasteiger partial charge in [-0.3, -0.25) is 0 Å².